The number of rotatable bonds is 3. The van der Waals surface area contributed by atoms with Crippen LogP contribution in [0, 0.1) is 11.3 Å². The maximum absolute atomic E-state index is 8.66. The highest BCUT2D eigenvalue weighted by atomic mass is 14.5. The summed E-state index contributed by atoms with van der Waals surface area (Å²) in [4.78, 5) is 0. The van der Waals surface area contributed by atoms with Gasteiger partial charge in [0.1, 0.15) is 0 Å². The van der Waals surface area contributed by atoms with Crippen molar-refractivity contribution in [1.82, 2.24) is 0 Å². The fourth-order valence-corrected chi connectivity index (χ4v) is 1.50. The maximum atomic E-state index is 8.66. The molecule has 74 valence electrons. The molecule has 1 aromatic carbocycles. The summed E-state index contributed by atoms with van der Waals surface area (Å²) in [5, 5.41) is 8.66. The van der Waals surface area contributed by atoms with Crippen LogP contribution in [-0.4, -0.2) is 6.54 Å². The van der Waals surface area contributed by atoms with Gasteiger partial charge in [-0.2, -0.15) is 5.26 Å². The van der Waals surface area contributed by atoms with Crippen LogP contribution in [-0.2, 0) is 5.41 Å². The summed E-state index contributed by atoms with van der Waals surface area (Å²) >= 11 is 0. The third-order valence-corrected chi connectivity index (χ3v) is 2.56. The average molecular weight is 188 g/mol. The summed E-state index contributed by atoms with van der Waals surface area (Å²) in [5.74, 6) is 0. The largest absolute Gasteiger partial charge is 0.330 e. The Labute approximate surface area is 85.4 Å². The lowest BCUT2D eigenvalue weighted by atomic mass is 9.81. The monoisotopic (exact) mass is 188 g/mol. The van der Waals surface area contributed by atoms with Crippen LogP contribution in [0.1, 0.15) is 31.4 Å². The van der Waals surface area contributed by atoms with Crippen molar-refractivity contribution in [3.05, 3.63) is 35.4 Å². The van der Waals surface area contributed by atoms with Gasteiger partial charge < -0.3 is 5.73 Å². The lowest BCUT2D eigenvalue weighted by Crippen LogP contribution is -2.21. The lowest BCUT2D eigenvalue weighted by Gasteiger charge is -2.24. The summed E-state index contributed by atoms with van der Waals surface area (Å²) < 4.78 is 0. The third kappa shape index (κ3) is 2.34. The maximum Gasteiger partial charge on any atom is 0.0991 e. The predicted molar refractivity (Wildman–Crippen MR) is 57.9 cm³/mol. The smallest absolute Gasteiger partial charge is 0.0991 e. The van der Waals surface area contributed by atoms with E-state index < -0.39 is 0 Å². The second-order valence-electron chi connectivity index (χ2n) is 4.11. The number of hydrogen-bond donors (Lipinski definition) is 1. The number of hydrogen-bond acceptors (Lipinski definition) is 2. The summed E-state index contributed by atoms with van der Waals surface area (Å²) in [7, 11) is 0. The number of nitrogens with zero attached hydrogens (tertiary/aromatic N) is 1. The first kappa shape index (κ1) is 10.7. The first-order chi connectivity index (χ1) is 6.60. The summed E-state index contributed by atoms with van der Waals surface area (Å²) in [6.45, 7) is 5.02. The van der Waals surface area contributed by atoms with Crippen LogP contribution in [0.2, 0.25) is 0 Å². The molecular weight excluding hydrogens is 172 g/mol. The van der Waals surface area contributed by atoms with Gasteiger partial charge in [-0.15, -0.1) is 0 Å². The second kappa shape index (κ2) is 4.26. The molecule has 0 atom stereocenters. The molecule has 0 aliphatic heterocycles. The summed E-state index contributed by atoms with van der Waals surface area (Å²) in [5.41, 5.74) is 7.60. The van der Waals surface area contributed by atoms with Crippen molar-refractivity contribution in [2.75, 3.05) is 6.54 Å². The van der Waals surface area contributed by atoms with Crippen molar-refractivity contribution in [2.24, 2.45) is 5.73 Å². The molecule has 0 amide bonds. The zero-order valence-electron chi connectivity index (χ0n) is 8.75. The Bertz CT molecular complexity index is 330. The average Bonchev–Trinajstić information content (AvgIpc) is 2.18. The first-order valence-electron chi connectivity index (χ1n) is 4.81. The molecule has 0 radical (unpaired) electrons. The molecule has 14 heavy (non-hydrogen) atoms. The third-order valence-electron chi connectivity index (χ3n) is 2.56. The minimum absolute atomic E-state index is 0.0999. The topological polar surface area (TPSA) is 49.8 Å². The van der Waals surface area contributed by atoms with Crippen molar-refractivity contribution in [1.29, 1.82) is 5.26 Å². The van der Waals surface area contributed by atoms with E-state index >= 15 is 0 Å². The minimum Gasteiger partial charge on any atom is -0.330 e. The second-order valence-corrected chi connectivity index (χ2v) is 4.11. The molecule has 0 saturated carbocycles. The van der Waals surface area contributed by atoms with Crippen molar-refractivity contribution in [3.8, 4) is 6.07 Å². The minimum atomic E-state index is 0.0999. The van der Waals surface area contributed by atoms with Crippen LogP contribution in [0.4, 0.5) is 0 Å². The van der Waals surface area contributed by atoms with E-state index in [4.69, 9.17) is 11.0 Å². The fraction of sp³-hybridized carbons (Fsp3) is 0.417. The predicted octanol–water partition coefficient (Wildman–Crippen LogP) is 2.18. The Hall–Kier alpha value is -1.33. The van der Waals surface area contributed by atoms with Gasteiger partial charge in [-0.25, -0.2) is 0 Å². The summed E-state index contributed by atoms with van der Waals surface area (Å²) in [6.07, 6.45) is 0.957. The van der Waals surface area contributed by atoms with E-state index in [0.29, 0.717) is 12.1 Å². The number of nitrogens with two attached hydrogens (primary N) is 1. The Balaban J connectivity index is 2.92. The molecule has 0 heterocycles. The van der Waals surface area contributed by atoms with E-state index in [2.05, 4.69) is 19.9 Å². The summed E-state index contributed by atoms with van der Waals surface area (Å²) in [6, 6.07) is 9.84. The molecule has 0 aliphatic carbocycles. The highest BCUT2D eigenvalue weighted by Crippen LogP contribution is 2.26. The first-order valence-corrected chi connectivity index (χ1v) is 4.81. The normalized spacial score (nSPS) is 11.0. The number of benzene rings is 1. The van der Waals surface area contributed by atoms with E-state index in [1.165, 1.54) is 5.56 Å². The highest BCUT2D eigenvalue weighted by Gasteiger charge is 2.18. The van der Waals surface area contributed by atoms with Gasteiger partial charge in [-0.05, 0) is 36.1 Å². The van der Waals surface area contributed by atoms with Crippen LogP contribution in [0.5, 0.6) is 0 Å². The molecule has 0 fully saturated rings. The molecule has 0 aliphatic rings. The van der Waals surface area contributed by atoms with Gasteiger partial charge in [-0.3, -0.25) is 0 Å². The molecule has 1 rings (SSSR count). The van der Waals surface area contributed by atoms with Gasteiger partial charge in [0.15, 0.2) is 0 Å². The Morgan fingerprint density at radius 1 is 1.29 bits per heavy atom. The molecule has 0 spiro atoms. The molecule has 0 saturated heterocycles. The standard InChI is InChI=1S/C12H16N2/c1-12(2,7-8-13)11-5-3-10(9-14)4-6-11/h3-6H,7-8,13H2,1-2H3. The lowest BCUT2D eigenvalue weighted by molar-refractivity contribution is 0.487. The van der Waals surface area contributed by atoms with Crippen LogP contribution < -0.4 is 5.73 Å². The van der Waals surface area contributed by atoms with Crippen LogP contribution >= 0.6 is 0 Å². The molecular formula is C12H16N2. The van der Waals surface area contributed by atoms with Gasteiger partial charge >= 0.3 is 0 Å². The van der Waals surface area contributed by atoms with Crippen molar-refractivity contribution in [3.63, 3.8) is 0 Å². The van der Waals surface area contributed by atoms with Crippen molar-refractivity contribution in [2.45, 2.75) is 25.7 Å². The van der Waals surface area contributed by atoms with E-state index in [-0.39, 0.29) is 5.41 Å². The molecule has 2 nitrogen and oxygen atoms in total. The van der Waals surface area contributed by atoms with Crippen molar-refractivity contribution >= 4 is 0 Å². The van der Waals surface area contributed by atoms with Gasteiger partial charge in [0.25, 0.3) is 0 Å². The van der Waals surface area contributed by atoms with Crippen LogP contribution in [0.25, 0.3) is 0 Å². The van der Waals surface area contributed by atoms with E-state index in [0.717, 1.165) is 6.42 Å². The molecule has 0 aromatic heterocycles. The molecule has 0 unspecified atom stereocenters. The molecule has 1 aromatic rings. The van der Waals surface area contributed by atoms with E-state index in [9.17, 15) is 0 Å². The Kier molecular flexibility index (Phi) is 3.27. The number of nitriles is 1. The zero-order chi connectivity index (χ0) is 10.6. The zero-order valence-corrected chi connectivity index (χ0v) is 8.75. The Morgan fingerprint density at radius 3 is 2.29 bits per heavy atom. The fourth-order valence-electron chi connectivity index (χ4n) is 1.50. The van der Waals surface area contributed by atoms with E-state index in [1.54, 1.807) is 0 Å². The molecule has 0 bridgehead atoms. The van der Waals surface area contributed by atoms with Gasteiger partial charge in [-0.1, -0.05) is 26.0 Å². The quantitative estimate of drug-likeness (QED) is 0.790. The molecule has 2 heteroatoms. The van der Waals surface area contributed by atoms with Gasteiger partial charge in [0.05, 0.1) is 11.6 Å². The SMILES string of the molecule is CC(C)(CCN)c1ccc(C#N)cc1. The molecule has 2 N–H and O–H groups in total. The Morgan fingerprint density at radius 2 is 1.86 bits per heavy atom. The highest BCUT2D eigenvalue weighted by molar-refractivity contribution is 5.34. The van der Waals surface area contributed by atoms with Gasteiger partial charge in [0.2, 0.25) is 0 Å². The van der Waals surface area contributed by atoms with Gasteiger partial charge in [0, 0.05) is 0 Å². The van der Waals surface area contributed by atoms with Crippen LogP contribution in [0.15, 0.2) is 24.3 Å². The van der Waals surface area contributed by atoms with Crippen LogP contribution in [0.3, 0.4) is 0 Å². The van der Waals surface area contributed by atoms with E-state index in [1.807, 2.05) is 24.3 Å². The van der Waals surface area contributed by atoms with Crippen molar-refractivity contribution < 1.29 is 0 Å².